The molecule has 2 aromatic carbocycles. The van der Waals surface area contributed by atoms with E-state index in [2.05, 4.69) is 26.4 Å². The zero-order valence-corrected chi connectivity index (χ0v) is 14.1. The van der Waals surface area contributed by atoms with Crippen molar-refractivity contribution in [2.24, 2.45) is 0 Å². The first-order chi connectivity index (χ1) is 12.0. The lowest BCUT2D eigenvalue weighted by Crippen LogP contribution is -2.15. The predicted octanol–water partition coefficient (Wildman–Crippen LogP) is 3.76. The Kier molecular flexibility index (Phi) is 4.53. The number of hydrogen-bond donors (Lipinski definition) is 3. The minimum Gasteiger partial charge on any atom is -0.508 e. The van der Waals surface area contributed by atoms with E-state index in [0.717, 1.165) is 16.1 Å². The number of aromatic nitrogens is 1. The molecule has 126 valence electrons. The van der Waals surface area contributed by atoms with Crippen LogP contribution in [0, 0.1) is 0 Å². The van der Waals surface area contributed by atoms with Crippen LogP contribution in [-0.4, -0.2) is 27.2 Å². The number of phenolic OH excluding ortho intramolecular Hbond substituents is 1. The van der Waals surface area contributed by atoms with Crippen molar-refractivity contribution < 1.29 is 24.3 Å². The average Bonchev–Trinajstić information content (AvgIpc) is 3.06. The maximum atomic E-state index is 12.3. The molecule has 0 fully saturated rings. The Labute approximate surface area is 150 Å². The molecule has 0 aliphatic carbocycles. The number of aromatic hydroxyl groups is 1. The van der Waals surface area contributed by atoms with Crippen LogP contribution in [0.15, 0.2) is 57.5 Å². The van der Waals surface area contributed by atoms with Crippen molar-refractivity contribution in [2.75, 3.05) is 5.32 Å². The maximum Gasteiger partial charge on any atom is 0.337 e. The number of nitrogens with one attached hydrogen (secondary N) is 1. The third-order valence-electron chi connectivity index (χ3n) is 3.36. The van der Waals surface area contributed by atoms with Gasteiger partial charge < -0.3 is 20.1 Å². The van der Waals surface area contributed by atoms with Crippen LogP contribution in [-0.2, 0) is 0 Å². The Bertz CT molecular complexity index is 967. The number of anilines is 1. The van der Waals surface area contributed by atoms with E-state index in [0.29, 0.717) is 5.76 Å². The number of carbonyl (C=O) groups is 2. The molecule has 0 aliphatic rings. The lowest BCUT2D eigenvalue weighted by atomic mass is 10.1. The van der Waals surface area contributed by atoms with Gasteiger partial charge in [0.1, 0.15) is 5.75 Å². The monoisotopic (exact) mass is 402 g/mol. The van der Waals surface area contributed by atoms with Crippen molar-refractivity contribution in [3.05, 3.63) is 64.3 Å². The second kappa shape index (κ2) is 6.78. The molecule has 1 heterocycles. The molecule has 0 spiro atoms. The zero-order valence-electron chi connectivity index (χ0n) is 12.6. The summed E-state index contributed by atoms with van der Waals surface area (Å²) in [6, 6.07) is 12.4. The number of amides is 1. The summed E-state index contributed by atoms with van der Waals surface area (Å²) in [7, 11) is 0. The summed E-state index contributed by atoms with van der Waals surface area (Å²) in [5, 5.41) is 24.7. The Balaban J connectivity index is 1.86. The molecule has 1 amide bonds. The summed E-state index contributed by atoms with van der Waals surface area (Å²) in [4.78, 5) is 23.5. The highest BCUT2D eigenvalue weighted by Gasteiger charge is 2.18. The number of carboxylic acid groups (broad SMARTS) is 1. The van der Waals surface area contributed by atoms with Crippen molar-refractivity contribution in [2.45, 2.75) is 0 Å². The smallest absolute Gasteiger partial charge is 0.337 e. The van der Waals surface area contributed by atoms with Crippen molar-refractivity contribution in [1.82, 2.24) is 5.16 Å². The second-order valence-corrected chi connectivity index (χ2v) is 5.90. The summed E-state index contributed by atoms with van der Waals surface area (Å²) in [6.07, 6.45) is 0. The van der Waals surface area contributed by atoms with E-state index < -0.39 is 11.9 Å². The van der Waals surface area contributed by atoms with Crippen LogP contribution in [0.2, 0.25) is 0 Å². The number of aromatic carboxylic acids is 1. The molecule has 0 atom stereocenters. The standard InChI is InChI=1S/C17H11BrN2O5/c18-12-4-2-1-3-10(12)15-8-14(20-25-15)16(22)19-13-6-5-9(21)7-11(13)17(23)24/h1-8,21H,(H,19,22)(H,23,24). The van der Waals surface area contributed by atoms with E-state index in [9.17, 15) is 14.7 Å². The Morgan fingerprint density at radius 1 is 1.12 bits per heavy atom. The van der Waals surface area contributed by atoms with Gasteiger partial charge in [-0.3, -0.25) is 4.79 Å². The third kappa shape index (κ3) is 3.53. The summed E-state index contributed by atoms with van der Waals surface area (Å²) < 4.78 is 5.97. The predicted molar refractivity (Wildman–Crippen MR) is 92.7 cm³/mol. The number of benzene rings is 2. The van der Waals surface area contributed by atoms with E-state index >= 15 is 0 Å². The van der Waals surface area contributed by atoms with Crippen molar-refractivity contribution in [3.8, 4) is 17.1 Å². The van der Waals surface area contributed by atoms with Crippen LogP contribution in [0.4, 0.5) is 5.69 Å². The van der Waals surface area contributed by atoms with Crippen LogP contribution in [0.25, 0.3) is 11.3 Å². The van der Waals surface area contributed by atoms with Crippen LogP contribution in [0.5, 0.6) is 5.75 Å². The molecule has 8 heteroatoms. The van der Waals surface area contributed by atoms with Gasteiger partial charge in [0.05, 0.1) is 11.3 Å². The molecule has 3 aromatic rings. The third-order valence-corrected chi connectivity index (χ3v) is 4.06. The van der Waals surface area contributed by atoms with Gasteiger partial charge in [-0.2, -0.15) is 0 Å². The molecule has 0 saturated heterocycles. The highest BCUT2D eigenvalue weighted by atomic mass is 79.9. The van der Waals surface area contributed by atoms with E-state index in [-0.39, 0.29) is 22.7 Å². The molecular weight excluding hydrogens is 392 g/mol. The van der Waals surface area contributed by atoms with Crippen LogP contribution >= 0.6 is 15.9 Å². The zero-order chi connectivity index (χ0) is 18.0. The minimum atomic E-state index is -1.28. The number of halogens is 1. The first kappa shape index (κ1) is 16.7. The van der Waals surface area contributed by atoms with Gasteiger partial charge in [0, 0.05) is 16.1 Å². The Morgan fingerprint density at radius 3 is 2.60 bits per heavy atom. The molecule has 3 rings (SSSR count). The molecule has 7 nitrogen and oxygen atoms in total. The molecule has 0 saturated carbocycles. The molecule has 0 radical (unpaired) electrons. The van der Waals surface area contributed by atoms with Gasteiger partial charge in [0.25, 0.3) is 5.91 Å². The first-order valence-electron chi connectivity index (χ1n) is 7.05. The number of nitrogens with zero attached hydrogens (tertiary/aromatic N) is 1. The lowest BCUT2D eigenvalue weighted by Gasteiger charge is -2.07. The van der Waals surface area contributed by atoms with Gasteiger partial charge in [-0.1, -0.05) is 33.2 Å². The van der Waals surface area contributed by atoms with Gasteiger partial charge in [0.2, 0.25) is 0 Å². The van der Waals surface area contributed by atoms with Crippen molar-refractivity contribution >= 4 is 33.5 Å². The van der Waals surface area contributed by atoms with Gasteiger partial charge >= 0.3 is 5.97 Å². The molecule has 0 bridgehead atoms. The number of carboxylic acids is 1. The minimum absolute atomic E-state index is 0.00448. The summed E-state index contributed by atoms with van der Waals surface area (Å²) in [6.45, 7) is 0. The van der Waals surface area contributed by atoms with Crippen LogP contribution in [0.3, 0.4) is 0 Å². The molecule has 25 heavy (non-hydrogen) atoms. The fourth-order valence-electron chi connectivity index (χ4n) is 2.17. The summed E-state index contributed by atoms with van der Waals surface area (Å²) in [5.74, 6) is -1.73. The molecule has 0 aliphatic heterocycles. The molecule has 3 N–H and O–H groups in total. The maximum absolute atomic E-state index is 12.3. The van der Waals surface area contributed by atoms with Gasteiger partial charge in [-0.05, 0) is 30.3 Å². The van der Waals surface area contributed by atoms with Gasteiger partial charge in [-0.25, -0.2) is 4.79 Å². The highest BCUT2D eigenvalue weighted by molar-refractivity contribution is 9.10. The topological polar surface area (TPSA) is 113 Å². The van der Waals surface area contributed by atoms with E-state index in [1.807, 2.05) is 18.2 Å². The van der Waals surface area contributed by atoms with Crippen LogP contribution < -0.4 is 5.32 Å². The number of phenols is 1. The van der Waals surface area contributed by atoms with Crippen molar-refractivity contribution in [3.63, 3.8) is 0 Å². The first-order valence-corrected chi connectivity index (χ1v) is 7.84. The number of hydrogen-bond acceptors (Lipinski definition) is 5. The average molecular weight is 403 g/mol. The molecular formula is C17H11BrN2O5. The SMILES string of the molecule is O=C(Nc1ccc(O)cc1C(=O)O)c1cc(-c2ccccc2Br)on1. The Morgan fingerprint density at radius 2 is 1.88 bits per heavy atom. The van der Waals surface area contributed by atoms with Crippen LogP contribution in [0.1, 0.15) is 20.8 Å². The second-order valence-electron chi connectivity index (χ2n) is 5.05. The van der Waals surface area contributed by atoms with Gasteiger partial charge in [-0.15, -0.1) is 0 Å². The van der Waals surface area contributed by atoms with E-state index in [1.165, 1.54) is 18.2 Å². The van der Waals surface area contributed by atoms with E-state index in [1.54, 1.807) is 6.07 Å². The van der Waals surface area contributed by atoms with E-state index in [4.69, 9.17) is 9.63 Å². The Hall–Kier alpha value is -3.13. The van der Waals surface area contributed by atoms with Gasteiger partial charge in [0.15, 0.2) is 11.5 Å². The van der Waals surface area contributed by atoms with Crippen molar-refractivity contribution in [1.29, 1.82) is 0 Å². The number of rotatable bonds is 4. The largest absolute Gasteiger partial charge is 0.508 e. The number of carbonyl (C=O) groups excluding carboxylic acids is 1. The fraction of sp³-hybridized carbons (Fsp3) is 0. The normalized spacial score (nSPS) is 10.4. The summed E-state index contributed by atoms with van der Waals surface area (Å²) >= 11 is 3.39. The highest BCUT2D eigenvalue weighted by Crippen LogP contribution is 2.29. The molecule has 0 unspecified atom stereocenters. The quantitative estimate of drug-likeness (QED) is 0.572. The molecule has 1 aromatic heterocycles. The lowest BCUT2D eigenvalue weighted by molar-refractivity contribution is 0.0697. The summed E-state index contributed by atoms with van der Waals surface area (Å²) in [5.41, 5.74) is 0.531. The fourth-order valence-corrected chi connectivity index (χ4v) is 2.65.